The van der Waals surface area contributed by atoms with Crippen LogP contribution in [0.15, 0.2) is 33.7 Å². The summed E-state index contributed by atoms with van der Waals surface area (Å²) in [7, 11) is 0. The molecule has 1 amide bonds. The van der Waals surface area contributed by atoms with E-state index in [-0.39, 0.29) is 35.8 Å². The molecule has 1 aromatic carbocycles. The number of fused-ring (bicyclic) bond motifs is 1. The number of unbranched alkanes of at least 4 members (excludes halogenated alkanes) is 1. The number of likely N-dealkylation sites (tertiary alicyclic amines) is 1. The molecule has 1 fully saturated rings. The molecule has 0 unspecified atom stereocenters. The minimum atomic E-state index is -0.146. The number of benzene rings is 1. The summed E-state index contributed by atoms with van der Waals surface area (Å²) in [6.45, 7) is 9.39. The smallest absolute Gasteiger partial charge is 0.220 e. The summed E-state index contributed by atoms with van der Waals surface area (Å²) in [6, 6.07) is 8.10. The number of piperidine rings is 1. The molecule has 0 aliphatic carbocycles. The van der Waals surface area contributed by atoms with Crippen LogP contribution < -0.4 is 16.4 Å². The lowest BCUT2D eigenvalue weighted by atomic mass is 9.96. The van der Waals surface area contributed by atoms with Crippen molar-refractivity contribution in [2.45, 2.75) is 46.1 Å². The molecule has 2 aromatic rings. The maximum atomic E-state index is 11.3. The van der Waals surface area contributed by atoms with Gasteiger partial charge in [0.1, 0.15) is 17.9 Å². The van der Waals surface area contributed by atoms with Gasteiger partial charge < -0.3 is 25.7 Å². The number of hydrogen-bond acceptors (Lipinski definition) is 4. The summed E-state index contributed by atoms with van der Waals surface area (Å²) < 4.78 is 5.96. The molecule has 2 heterocycles. The van der Waals surface area contributed by atoms with E-state index in [0.717, 1.165) is 86.7 Å². The van der Waals surface area contributed by atoms with Gasteiger partial charge in [-0.1, -0.05) is 18.2 Å². The first-order chi connectivity index (χ1) is 14.6. The zero-order valence-electron chi connectivity index (χ0n) is 18.7. The highest BCUT2D eigenvalue weighted by atomic mass is 127. The molecule has 31 heavy (non-hydrogen) atoms. The summed E-state index contributed by atoms with van der Waals surface area (Å²) in [5.74, 6) is 1.65. The van der Waals surface area contributed by atoms with Crippen LogP contribution in [0.25, 0.3) is 11.0 Å². The molecule has 8 heteroatoms. The average Bonchev–Trinajstić information content (AvgIpc) is 3.08. The summed E-state index contributed by atoms with van der Waals surface area (Å²) >= 11 is 0. The van der Waals surface area contributed by atoms with Gasteiger partial charge in [0.25, 0.3) is 0 Å². The zero-order chi connectivity index (χ0) is 21.3. The van der Waals surface area contributed by atoms with E-state index >= 15 is 0 Å². The zero-order valence-corrected chi connectivity index (χ0v) is 21.0. The van der Waals surface area contributed by atoms with E-state index in [1.807, 2.05) is 18.2 Å². The first-order valence-electron chi connectivity index (χ1n) is 11.1. The number of guanidine groups is 1. The molecule has 4 N–H and O–H groups in total. The lowest BCUT2D eigenvalue weighted by Gasteiger charge is -2.30. The minimum Gasteiger partial charge on any atom is -0.459 e. The minimum absolute atomic E-state index is 0. The van der Waals surface area contributed by atoms with E-state index in [4.69, 9.17) is 15.1 Å². The van der Waals surface area contributed by atoms with Gasteiger partial charge in [-0.25, -0.2) is 4.99 Å². The van der Waals surface area contributed by atoms with Gasteiger partial charge in [0.05, 0.1) is 0 Å². The number of furan rings is 1. The number of hydrogen-bond donors (Lipinski definition) is 3. The van der Waals surface area contributed by atoms with Gasteiger partial charge in [-0.15, -0.1) is 24.0 Å². The Hall–Kier alpha value is -1.81. The lowest BCUT2D eigenvalue weighted by Crippen LogP contribution is -2.39. The fourth-order valence-corrected chi connectivity index (χ4v) is 3.98. The number of rotatable bonds is 9. The van der Waals surface area contributed by atoms with Crippen molar-refractivity contribution in [1.29, 1.82) is 0 Å². The summed E-state index contributed by atoms with van der Waals surface area (Å²) in [4.78, 5) is 18.4. The normalized spacial score (nSPS) is 15.6. The van der Waals surface area contributed by atoms with Gasteiger partial charge >= 0.3 is 0 Å². The monoisotopic (exact) mass is 541 g/mol. The van der Waals surface area contributed by atoms with E-state index in [1.54, 1.807) is 0 Å². The second kappa shape index (κ2) is 12.9. The van der Waals surface area contributed by atoms with E-state index in [0.29, 0.717) is 6.54 Å². The van der Waals surface area contributed by atoms with Gasteiger partial charge in [0, 0.05) is 30.0 Å². The molecule has 1 aliphatic heterocycles. The van der Waals surface area contributed by atoms with E-state index in [9.17, 15) is 4.79 Å². The standard InChI is InChI=1S/C23H35N5O2.HI/c1-3-25-23(27-16-21-17(2)19-8-4-5-9-20(19)30-21)26-12-6-7-13-28-14-10-18(11-15-28)22(24)29;/h4-5,8-9,18H,3,6-7,10-16H2,1-2H3,(H2,24,29)(H2,25,26,27);1H. The molecule has 3 rings (SSSR count). The summed E-state index contributed by atoms with van der Waals surface area (Å²) in [5, 5.41) is 7.88. The molecule has 0 radical (unpaired) electrons. The molecular weight excluding hydrogens is 505 g/mol. The van der Waals surface area contributed by atoms with Crippen molar-refractivity contribution in [2.75, 3.05) is 32.7 Å². The van der Waals surface area contributed by atoms with Crippen LogP contribution >= 0.6 is 24.0 Å². The van der Waals surface area contributed by atoms with Crippen LogP contribution in [0.3, 0.4) is 0 Å². The quantitative estimate of drug-likeness (QED) is 0.196. The second-order valence-electron chi connectivity index (χ2n) is 7.99. The molecule has 1 aromatic heterocycles. The Morgan fingerprint density at radius 3 is 2.65 bits per heavy atom. The number of carbonyl (C=O) groups excluding carboxylic acids is 1. The van der Waals surface area contributed by atoms with Crippen LogP contribution in [0.2, 0.25) is 0 Å². The van der Waals surface area contributed by atoms with Gasteiger partial charge in [-0.2, -0.15) is 0 Å². The van der Waals surface area contributed by atoms with Crippen LogP contribution in [-0.2, 0) is 11.3 Å². The van der Waals surface area contributed by atoms with Gasteiger partial charge in [-0.3, -0.25) is 4.79 Å². The first-order valence-corrected chi connectivity index (χ1v) is 11.1. The van der Waals surface area contributed by atoms with Crippen molar-refractivity contribution < 1.29 is 9.21 Å². The highest BCUT2D eigenvalue weighted by molar-refractivity contribution is 14.0. The van der Waals surface area contributed by atoms with Crippen molar-refractivity contribution in [1.82, 2.24) is 15.5 Å². The maximum Gasteiger partial charge on any atom is 0.220 e. The molecular formula is C23H36IN5O2. The molecule has 0 saturated carbocycles. The second-order valence-corrected chi connectivity index (χ2v) is 7.99. The Morgan fingerprint density at radius 2 is 1.97 bits per heavy atom. The molecule has 7 nitrogen and oxygen atoms in total. The van der Waals surface area contributed by atoms with Crippen molar-refractivity contribution in [2.24, 2.45) is 16.6 Å². The Labute approximate surface area is 202 Å². The van der Waals surface area contributed by atoms with E-state index in [2.05, 4.69) is 35.4 Å². The number of para-hydroxylation sites is 1. The number of nitrogens with one attached hydrogen (secondary N) is 2. The third kappa shape index (κ3) is 7.38. The van der Waals surface area contributed by atoms with Gasteiger partial charge in [0.2, 0.25) is 5.91 Å². The predicted molar refractivity (Wildman–Crippen MR) is 137 cm³/mol. The highest BCUT2D eigenvalue weighted by Crippen LogP contribution is 2.25. The van der Waals surface area contributed by atoms with Crippen molar-refractivity contribution in [3.63, 3.8) is 0 Å². The Bertz CT molecular complexity index is 859. The van der Waals surface area contributed by atoms with Crippen LogP contribution in [0.4, 0.5) is 0 Å². The Balaban J connectivity index is 0.00000341. The SMILES string of the molecule is CCNC(=NCc1oc2ccccc2c1C)NCCCCN1CCC(C(N)=O)CC1.I. The number of nitrogens with two attached hydrogens (primary N) is 1. The Kier molecular flexibility index (Phi) is 10.6. The molecule has 1 saturated heterocycles. The van der Waals surface area contributed by atoms with Crippen molar-refractivity contribution >= 4 is 46.8 Å². The van der Waals surface area contributed by atoms with Crippen molar-refractivity contribution in [3.05, 3.63) is 35.6 Å². The lowest BCUT2D eigenvalue weighted by molar-refractivity contribution is -0.123. The largest absolute Gasteiger partial charge is 0.459 e. The first kappa shape index (κ1) is 25.5. The topological polar surface area (TPSA) is 95.9 Å². The number of primary amides is 1. The number of nitrogens with zero attached hydrogens (tertiary/aromatic N) is 2. The van der Waals surface area contributed by atoms with Crippen LogP contribution in [0.1, 0.15) is 43.9 Å². The number of carbonyl (C=O) groups is 1. The molecule has 0 atom stereocenters. The van der Waals surface area contributed by atoms with E-state index in [1.165, 1.54) is 0 Å². The summed E-state index contributed by atoms with van der Waals surface area (Å²) in [6.07, 6.45) is 3.98. The predicted octanol–water partition coefficient (Wildman–Crippen LogP) is 3.39. The van der Waals surface area contributed by atoms with Crippen LogP contribution in [0, 0.1) is 12.8 Å². The number of aryl methyl sites for hydroxylation is 1. The van der Waals surface area contributed by atoms with Crippen LogP contribution in [-0.4, -0.2) is 49.5 Å². The molecule has 1 aliphatic rings. The summed E-state index contributed by atoms with van der Waals surface area (Å²) in [5.41, 5.74) is 7.48. The molecule has 172 valence electrons. The van der Waals surface area contributed by atoms with Gasteiger partial charge in [-0.05, 0) is 65.2 Å². The fraction of sp³-hybridized carbons (Fsp3) is 0.565. The van der Waals surface area contributed by atoms with Crippen molar-refractivity contribution in [3.8, 4) is 0 Å². The van der Waals surface area contributed by atoms with Crippen LogP contribution in [0.5, 0.6) is 0 Å². The average molecular weight is 541 g/mol. The number of halogens is 1. The third-order valence-electron chi connectivity index (χ3n) is 5.85. The number of aliphatic imine (C=N–C) groups is 1. The molecule has 0 spiro atoms. The van der Waals surface area contributed by atoms with E-state index < -0.39 is 0 Å². The number of amides is 1. The Morgan fingerprint density at radius 1 is 1.23 bits per heavy atom. The molecule has 0 bridgehead atoms. The third-order valence-corrected chi connectivity index (χ3v) is 5.85. The maximum absolute atomic E-state index is 11.3. The highest BCUT2D eigenvalue weighted by Gasteiger charge is 2.22. The van der Waals surface area contributed by atoms with Gasteiger partial charge in [0.15, 0.2) is 5.96 Å². The fourth-order valence-electron chi connectivity index (χ4n) is 3.98.